The van der Waals surface area contributed by atoms with Crippen molar-refractivity contribution in [3.63, 3.8) is 0 Å². The number of rotatable bonds is 4. The van der Waals surface area contributed by atoms with E-state index in [9.17, 15) is 0 Å². The normalized spacial score (nSPS) is 17.4. The first-order valence-electron chi connectivity index (χ1n) is 6.92. The molecule has 1 aromatic rings. The van der Waals surface area contributed by atoms with Crippen LogP contribution in [0, 0.1) is 0 Å². The summed E-state index contributed by atoms with van der Waals surface area (Å²) in [6.45, 7) is 0. The Morgan fingerprint density at radius 3 is 1.89 bits per heavy atom. The van der Waals surface area contributed by atoms with E-state index in [1.165, 1.54) is 46.3 Å². The van der Waals surface area contributed by atoms with Crippen LogP contribution in [0.1, 0.15) is 44.9 Å². The van der Waals surface area contributed by atoms with E-state index in [2.05, 4.69) is 20.3 Å². The fourth-order valence-electron chi connectivity index (χ4n) is 2.37. The molecule has 0 spiro atoms. The molecular formula is C13H22N4O2. The van der Waals surface area contributed by atoms with Gasteiger partial charge in [0.15, 0.2) is 0 Å². The summed E-state index contributed by atoms with van der Waals surface area (Å²) in [6, 6.07) is 0.984. The largest absolute Gasteiger partial charge is 0.467 e. The monoisotopic (exact) mass is 266 g/mol. The van der Waals surface area contributed by atoms with E-state index in [0.717, 1.165) is 12.8 Å². The number of hydrogen-bond donors (Lipinski definition) is 1. The quantitative estimate of drug-likeness (QED) is 0.902. The van der Waals surface area contributed by atoms with Crippen molar-refractivity contribution < 1.29 is 9.47 Å². The molecule has 1 aromatic heterocycles. The van der Waals surface area contributed by atoms with E-state index < -0.39 is 0 Å². The molecule has 1 aliphatic carbocycles. The average molecular weight is 266 g/mol. The fraction of sp³-hybridized carbons (Fsp3) is 0.769. The van der Waals surface area contributed by atoms with Crippen molar-refractivity contribution in [3.8, 4) is 12.0 Å². The zero-order valence-corrected chi connectivity index (χ0v) is 11.7. The second-order valence-electron chi connectivity index (χ2n) is 4.82. The van der Waals surface area contributed by atoms with Crippen LogP contribution in [0.15, 0.2) is 0 Å². The summed E-state index contributed by atoms with van der Waals surface area (Å²) in [5.74, 6) is 0.536. The lowest BCUT2D eigenvalue weighted by molar-refractivity contribution is 0.340. The molecule has 0 saturated heterocycles. The molecule has 6 heteroatoms. The molecule has 0 unspecified atom stereocenters. The fourth-order valence-corrected chi connectivity index (χ4v) is 2.37. The third-order valence-electron chi connectivity index (χ3n) is 3.40. The lowest BCUT2D eigenvalue weighted by Crippen LogP contribution is -2.22. The molecule has 0 aromatic carbocycles. The van der Waals surface area contributed by atoms with Crippen molar-refractivity contribution in [1.82, 2.24) is 15.0 Å². The van der Waals surface area contributed by atoms with Crippen molar-refractivity contribution >= 4 is 5.95 Å². The minimum absolute atomic E-state index is 0.278. The zero-order valence-electron chi connectivity index (χ0n) is 11.7. The van der Waals surface area contributed by atoms with Crippen molar-refractivity contribution in [2.45, 2.75) is 51.0 Å². The summed E-state index contributed by atoms with van der Waals surface area (Å²) < 4.78 is 10.1. The van der Waals surface area contributed by atoms with E-state index >= 15 is 0 Å². The third-order valence-corrected chi connectivity index (χ3v) is 3.40. The van der Waals surface area contributed by atoms with Gasteiger partial charge < -0.3 is 14.8 Å². The van der Waals surface area contributed by atoms with Crippen LogP contribution in [0.4, 0.5) is 5.95 Å². The SMILES string of the molecule is COc1nc(NC2CCCCCCC2)nc(OC)n1. The number of aromatic nitrogens is 3. The second kappa shape index (κ2) is 7.11. The maximum atomic E-state index is 5.05. The number of nitrogens with one attached hydrogen (secondary N) is 1. The van der Waals surface area contributed by atoms with Gasteiger partial charge in [-0.2, -0.15) is 9.97 Å². The molecule has 1 saturated carbocycles. The van der Waals surface area contributed by atoms with Crippen LogP contribution < -0.4 is 14.8 Å². The second-order valence-corrected chi connectivity index (χ2v) is 4.82. The number of anilines is 1. The van der Waals surface area contributed by atoms with Gasteiger partial charge in [0.1, 0.15) is 0 Å². The summed E-state index contributed by atoms with van der Waals surface area (Å²) in [6.07, 6.45) is 8.85. The Kier molecular flexibility index (Phi) is 5.18. The van der Waals surface area contributed by atoms with Gasteiger partial charge in [-0.05, 0) is 12.8 Å². The van der Waals surface area contributed by atoms with Crippen molar-refractivity contribution in [3.05, 3.63) is 0 Å². The Balaban J connectivity index is 2.03. The maximum absolute atomic E-state index is 5.05. The first-order valence-corrected chi connectivity index (χ1v) is 6.92. The van der Waals surface area contributed by atoms with Gasteiger partial charge in [-0.1, -0.05) is 32.1 Å². The Morgan fingerprint density at radius 1 is 0.842 bits per heavy atom. The molecule has 6 nitrogen and oxygen atoms in total. The lowest BCUT2D eigenvalue weighted by Gasteiger charge is -2.21. The highest BCUT2D eigenvalue weighted by molar-refractivity contribution is 5.29. The van der Waals surface area contributed by atoms with Crippen LogP contribution >= 0.6 is 0 Å². The van der Waals surface area contributed by atoms with Crippen LogP contribution in [0.25, 0.3) is 0 Å². The van der Waals surface area contributed by atoms with Crippen LogP contribution in [0.2, 0.25) is 0 Å². The highest BCUT2D eigenvalue weighted by Gasteiger charge is 2.14. The third kappa shape index (κ3) is 4.22. The van der Waals surface area contributed by atoms with Crippen LogP contribution in [-0.2, 0) is 0 Å². The summed E-state index contributed by atoms with van der Waals surface area (Å²) in [7, 11) is 3.07. The summed E-state index contributed by atoms with van der Waals surface area (Å²) in [4.78, 5) is 12.4. The van der Waals surface area contributed by atoms with Crippen LogP contribution in [0.5, 0.6) is 12.0 Å². The highest BCUT2D eigenvalue weighted by Crippen LogP contribution is 2.20. The lowest BCUT2D eigenvalue weighted by atomic mass is 9.97. The molecular weight excluding hydrogens is 244 g/mol. The number of methoxy groups -OCH3 is 2. The molecule has 19 heavy (non-hydrogen) atoms. The molecule has 0 atom stereocenters. The summed E-state index contributed by atoms with van der Waals surface area (Å²) in [5.41, 5.74) is 0. The van der Waals surface area contributed by atoms with E-state index in [1.807, 2.05) is 0 Å². The molecule has 0 bridgehead atoms. The van der Waals surface area contributed by atoms with Gasteiger partial charge >= 0.3 is 12.0 Å². The van der Waals surface area contributed by atoms with E-state index in [0.29, 0.717) is 12.0 Å². The van der Waals surface area contributed by atoms with Crippen LogP contribution in [0.3, 0.4) is 0 Å². The Hall–Kier alpha value is -1.59. The molecule has 1 fully saturated rings. The van der Waals surface area contributed by atoms with E-state index in [-0.39, 0.29) is 12.0 Å². The van der Waals surface area contributed by atoms with Gasteiger partial charge in [0, 0.05) is 6.04 Å². The molecule has 0 aliphatic heterocycles. The predicted octanol–water partition coefficient (Wildman–Crippen LogP) is 2.41. The molecule has 1 N–H and O–H groups in total. The van der Waals surface area contributed by atoms with E-state index in [4.69, 9.17) is 9.47 Å². The first kappa shape index (κ1) is 13.8. The molecule has 0 radical (unpaired) electrons. The van der Waals surface area contributed by atoms with Gasteiger partial charge in [0.25, 0.3) is 0 Å². The topological polar surface area (TPSA) is 69.2 Å². The van der Waals surface area contributed by atoms with Crippen LogP contribution in [-0.4, -0.2) is 35.2 Å². The first-order chi connectivity index (χ1) is 9.31. The Morgan fingerprint density at radius 2 is 1.37 bits per heavy atom. The number of nitrogens with zero attached hydrogens (tertiary/aromatic N) is 3. The molecule has 106 valence electrons. The summed E-state index contributed by atoms with van der Waals surface area (Å²) in [5, 5.41) is 3.38. The average Bonchev–Trinajstić information content (AvgIpc) is 2.41. The maximum Gasteiger partial charge on any atom is 0.324 e. The Labute approximate surface area is 114 Å². The molecule has 2 rings (SSSR count). The standard InChI is InChI=1S/C13H22N4O2/c1-18-12-15-11(16-13(17-12)19-2)14-10-8-6-4-3-5-7-9-10/h10H,3-9H2,1-2H3,(H,14,15,16,17). The molecule has 1 heterocycles. The van der Waals surface area contributed by atoms with Gasteiger partial charge in [0.05, 0.1) is 14.2 Å². The smallest absolute Gasteiger partial charge is 0.324 e. The van der Waals surface area contributed by atoms with Crippen molar-refractivity contribution in [2.75, 3.05) is 19.5 Å². The number of hydrogen-bond acceptors (Lipinski definition) is 6. The van der Waals surface area contributed by atoms with Gasteiger partial charge in [-0.15, -0.1) is 4.98 Å². The van der Waals surface area contributed by atoms with Gasteiger partial charge in [-0.3, -0.25) is 0 Å². The summed E-state index contributed by atoms with van der Waals surface area (Å²) >= 11 is 0. The van der Waals surface area contributed by atoms with Crippen molar-refractivity contribution in [2.24, 2.45) is 0 Å². The minimum atomic E-state index is 0.278. The zero-order chi connectivity index (χ0) is 13.5. The Bertz CT molecular complexity index is 370. The van der Waals surface area contributed by atoms with E-state index in [1.54, 1.807) is 0 Å². The predicted molar refractivity (Wildman–Crippen MR) is 72.7 cm³/mol. The van der Waals surface area contributed by atoms with Gasteiger partial charge in [0.2, 0.25) is 5.95 Å². The number of ether oxygens (including phenoxy) is 2. The molecule has 0 amide bonds. The minimum Gasteiger partial charge on any atom is -0.467 e. The van der Waals surface area contributed by atoms with Crippen molar-refractivity contribution in [1.29, 1.82) is 0 Å². The highest BCUT2D eigenvalue weighted by atomic mass is 16.5. The molecule has 1 aliphatic rings. The van der Waals surface area contributed by atoms with Gasteiger partial charge in [-0.25, -0.2) is 0 Å².